The summed E-state index contributed by atoms with van der Waals surface area (Å²) in [6.45, 7) is 1.50. The first-order chi connectivity index (χ1) is 8.65. The summed E-state index contributed by atoms with van der Waals surface area (Å²) in [6.07, 6.45) is 2.01. The lowest BCUT2D eigenvalue weighted by molar-refractivity contribution is -0.129. The second kappa shape index (κ2) is 7.62. The van der Waals surface area contributed by atoms with Crippen LogP contribution in [-0.4, -0.2) is 40.8 Å². The summed E-state index contributed by atoms with van der Waals surface area (Å²) in [4.78, 5) is 14.8. The van der Waals surface area contributed by atoms with Crippen LogP contribution in [0, 0.1) is 0 Å². The summed E-state index contributed by atoms with van der Waals surface area (Å²) in [5.41, 5.74) is 5.86. The number of carbonyl (C=O) groups excluding carboxylic acids is 1. The molecule has 0 bridgehead atoms. The molecule has 0 radical (unpaired) electrons. The zero-order chi connectivity index (χ0) is 13.0. The van der Waals surface area contributed by atoms with Gasteiger partial charge < -0.3 is 15.7 Å². The van der Waals surface area contributed by atoms with Crippen molar-refractivity contribution in [3.8, 4) is 5.75 Å². The third-order valence-corrected chi connectivity index (χ3v) is 4.01. The van der Waals surface area contributed by atoms with Gasteiger partial charge in [0.15, 0.2) is 0 Å². The highest BCUT2D eigenvalue weighted by atomic mass is 35.5. The zero-order valence-electron chi connectivity index (χ0n) is 10.6. The van der Waals surface area contributed by atoms with Crippen LogP contribution in [0.5, 0.6) is 5.75 Å². The minimum atomic E-state index is 0. The van der Waals surface area contributed by atoms with Gasteiger partial charge in [-0.2, -0.15) is 0 Å². The van der Waals surface area contributed by atoms with E-state index in [1.54, 1.807) is 12.1 Å². The quantitative estimate of drug-likeness (QED) is 0.836. The van der Waals surface area contributed by atoms with Crippen LogP contribution in [0.2, 0.25) is 0 Å². The number of likely N-dealkylation sites (tertiary alicyclic amines) is 1. The van der Waals surface area contributed by atoms with Crippen LogP contribution >= 0.6 is 24.2 Å². The first kappa shape index (κ1) is 16.1. The second-order valence-corrected chi connectivity index (χ2v) is 5.57. The van der Waals surface area contributed by atoms with E-state index < -0.39 is 0 Å². The van der Waals surface area contributed by atoms with Crippen molar-refractivity contribution in [2.45, 2.75) is 23.8 Å². The molecule has 4 nitrogen and oxygen atoms in total. The molecule has 1 aromatic rings. The maximum absolute atomic E-state index is 12.0. The number of nitrogens with two attached hydrogens (primary N) is 1. The molecule has 0 aromatic heterocycles. The molecule has 1 fully saturated rings. The molecule has 2 rings (SSSR count). The van der Waals surface area contributed by atoms with Crippen LogP contribution in [0.15, 0.2) is 29.2 Å². The monoisotopic (exact) mass is 302 g/mol. The zero-order valence-corrected chi connectivity index (χ0v) is 12.3. The van der Waals surface area contributed by atoms with Crippen molar-refractivity contribution in [3.63, 3.8) is 0 Å². The molecular formula is C13H19ClN2O2S. The fraction of sp³-hybridized carbons (Fsp3) is 0.462. The number of phenols is 1. The third-order valence-electron chi connectivity index (χ3n) is 3.01. The van der Waals surface area contributed by atoms with Gasteiger partial charge in [-0.25, -0.2) is 0 Å². The highest BCUT2D eigenvalue weighted by Crippen LogP contribution is 2.21. The normalized spacial score (nSPS) is 18.8. The van der Waals surface area contributed by atoms with Gasteiger partial charge in [-0.05, 0) is 37.1 Å². The second-order valence-electron chi connectivity index (χ2n) is 4.52. The van der Waals surface area contributed by atoms with Crippen LogP contribution in [0.25, 0.3) is 0 Å². The molecule has 1 amide bonds. The Kier molecular flexibility index (Phi) is 6.48. The van der Waals surface area contributed by atoms with Gasteiger partial charge in [0.25, 0.3) is 0 Å². The predicted octanol–water partition coefficient (Wildman–Crippen LogP) is 1.86. The van der Waals surface area contributed by atoms with Crippen LogP contribution in [0.1, 0.15) is 12.8 Å². The average Bonchev–Trinajstić information content (AvgIpc) is 2.38. The first-order valence-electron chi connectivity index (χ1n) is 6.10. The van der Waals surface area contributed by atoms with Crippen LogP contribution < -0.4 is 5.73 Å². The molecule has 1 aromatic carbocycles. The Morgan fingerprint density at radius 2 is 2.11 bits per heavy atom. The van der Waals surface area contributed by atoms with Crippen LogP contribution in [0.3, 0.4) is 0 Å². The summed E-state index contributed by atoms with van der Waals surface area (Å²) in [5.74, 6) is 0.813. The molecule has 1 aliphatic heterocycles. The first-order valence-corrected chi connectivity index (χ1v) is 7.09. The van der Waals surface area contributed by atoms with E-state index in [-0.39, 0.29) is 30.1 Å². The van der Waals surface area contributed by atoms with Gasteiger partial charge in [-0.3, -0.25) is 4.79 Å². The molecule has 106 valence electrons. The van der Waals surface area contributed by atoms with Gasteiger partial charge in [0.1, 0.15) is 5.75 Å². The summed E-state index contributed by atoms with van der Waals surface area (Å²) >= 11 is 1.49. The highest BCUT2D eigenvalue weighted by molar-refractivity contribution is 8.00. The molecule has 1 aliphatic rings. The number of benzene rings is 1. The molecule has 0 spiro atoms. The number of hydrogen-bond donors (Lipinski definition) is 2. The topological polar surface area (TPSA) is 66.6 Å². The number of thioether (sulfide) groups is 1. The maximum Gasteiger partial charge on any atom is 0.232 e. The van der Waals surface area contributed by atoms with Crippen molar-refractivity contribution in [2.75, 3.05) is 18.8 Å². The minimum Gasteiger partial charge on any atom is -0.508 e. The summed E-state index contributed by atoms with van der Waals surface area (Å²) in [7, 11) is 0. The number of carbonyl (C=O) groups is 1. The van der Waals surface area contributed by atoms with Gasteiger partial charge in [-0.15, -0.1) is 24.2 Å². The van der Waals surface area contributed by atoms with Crippen molar-refractivity contribution in [2.24, 2.45) is 5.73 Å². The Labute approximate surface area is 123 Å². The Bertz CT molecular complexity index is 414. The maximum atomic E-state index is 12.0. The number of phenolic OH excluding ortho intramolecular Hbond substituents is 1. The lowest BCUT2D eigenvalue weighted by Gasteiger charge is -2.30. The Morgan fingerprint density at radius 3 is 2.74 bits per heavy atom. The van der Waals surface area contributed by atoms with Crippen molar-refractivity contribution >= 4 is 30.1 Å². The van der Waals surface area contributed by atoms with E-state index in [0.717, 1.165) is 24.3 Å². The van der Waals surface area contributed by atoms with Crippen LogP contribution in [-0.2, 0) is 4.79 Å². The number of nitrogens with zero attached hydrogens (tertiary/aromatic N) is 1. The average molecular weight is 303 g/mol. The van der Waals surface area contributed by atoms with Gasteiger partial charge in [0, 0.05) is 24.0 Å². The fourth-order valence-corrected chi connectivity index (χ4v) is 2.82. The number of aromatic hydroxyl groups is 1. The molecule has 1 saturated heterocycles. The molecular weight excluding hydrogens is 284 g/mol. The summed E-state index contributed by atoms with van der Waals surface area (Å²) < 4.78 is 0. The van der Waals surface area contributed by atoms with E-state index >= 15 is 0 Å². The van der Waals surface area contributed by atoms with Crippen molar-refractivity contribution in [1.82, 2.24) is 4.90 Å². The van der Waals surface area contributed by atoms with E-state index in [9.17, 15) is 4.79 Å². The number of piperidine rings is 1. The SMILES string of the molecule is Cl.NC1CCCN(C(=O)CSc2ccc(O)cc2)C1. The van der Waals surface area contributed by atoms with Gasteiger partial charge in [0.2, 0.25) is 5.91 Å². The lowest BCUT2D eigenvalue weighted by Crippen LogP contribution is -2.46. The Hall–Kier alpha value is -0.910. The van der Waals surface area contributed by atoms with Crippen molar-refractivity contribution in [1.29, 1.82) is 0 Å². The standard InChI is InChI=1S/C13H18N2O2S.ClH/c14-10-2-1-7-15(8-10)13(17)9-18-12-5-3-11(16)4-6-12;/h3-6,10,16H,1-2,7-9,14H2;1H. The molecule has 1 atom stereocenters. The Morgan fingerprint density at radius 1 is 1.42 bits per heavy atom. The number of amides is 1. The molecule has 1 unspecified atom stereocenters. The fourth-order valence-electron chi connectivity index (χ4n) is 2.02. The summed E-state index contributed by atoms with van der Waals surface area (Å²) in [5, 5.41) is 9.17. The predicted molar refractivity (Wildman–Crippen MR) is 79.9 cm³/mol. The van der Waals surface area contributed by atoms with E-state index in [0.29, 0.717) is 12.3 Å². The van der Waals surface area contributed by atoms with E-state index in [1.165, 1.54) is 11.8 Å². The van der Waals surface area contributed by atoms with Crippen molar-refractivity contribution < 1.29 is 9.90 Å². The molecule has 19 heavy (non-hydrogen) atoms. The van der Waals surface area contributed by atoms with Gasteiger partial charge in [-0.1, -0.05) is 0 Å². The van der Waals surface area contributed by atoms with E-state index in [1.807, 2.05) is 17.0 Å². The summed E-state index contributed by atoms with van der Waals surface area (Å²) in [6, 6.07) is 7.01. The van der Waals surface area contributed by atoms with Gasteiger partial charge in [0.05, 0.1) is 5.75 Å². The molecule has 3 N–H and O–H groups in total. The highest BCUT2D eigenvalue weighted by Gasteiger charge is 2.20. The smallest absolute Gasteiger partial charge is 0.232 e. The molecule has 0 aliphatic carbocycles. The lowest BCUT2D eigenvalue weighted by atomic mass is 10.1. The number of hydrogen-bond acceptors (Lipinski definition) is 4. The number of rotatable bonds is 3. The molecule has 6 heteroatoms. The third kappa shape index (κ3) is 4.93. The number of halogens is 1. The van der Waals surface area contributed by atoms with E-state index in [2.05, 4.69) is 0 Å². The van der Waals surface area contributed by atoms with E-state index in [4.69, 9.17) is 10.8 Å². The minimum absolute atomic E-state index is 0. The van der Waals surface area contributed by atoms with Crippen LogP contribution in [0.4, 0.5) is 0 Å². The van der Waals surface area contributed by atoms with Crippen molar-refractivity contribution in [3.05, 3.63) is 24.3 Å². The Balaban J connectivity index is 0.00000180. The molecule has 1 heterocycles. The molecule has 0 saturated carbocycles. The largest absolute Gasteiger partial charge is 0.508 e. The van der Waals surface area contributed by atoms with Gasteiger partial charge >= 0.3 is 0 Å².